The van der Waals surface area contributed by atoms with Crippen LogP contribution >= 0.6 is 0 Å². The summed E-state index contributed by atoms with van der Waals surface area (Å²) in [5.41, 5.74) is 1.90. The molecule has 0 spiro atoms. The van der Waals surface area contributed by atoms with Crippen LogP contribution in [0.2, 0.25) is 0 Å². The van der Waals surface area contributed by atoms with Gasteiger partial charge in [-0.1, -0.05) is 30.3 Å². The number of furan rings is 1. The molecule has 5 rings (SSSR count). The zero-order valence-corrected chi connectivity index (χ0v) is 15.2. The van der Waals surface area contributed by atoms with Crippen LogP contribution in [0.1, 0.15) is 21.9 Å². The maximum atomic E-state index is 11.8. The summed E-state index contributed by atoms with van der Waals surface area (Å²) in [4.78, 5) is 11.8. The van der Waals surface area contributed by atoms with Gasteiger partial charge in [0.25, 0.3) is 0 Å². The van der Waals surface area contributed by atoms with Gasteiger partial charge in [0, 0.05) is 0 Å². The molecule has 1 aromatic carbocycles. The van der Waals surface area contributed by atoms with Crippen molar-refractivity contribution in [2.75, 3.05) is 13.9 Å². The minimum atomic E-state index is -0.515. The smallest absolute Gasteiger partial charge is 0.373 e. The van der Waals surface area contributed by atoms with Crippen LogP contribution in [0.15, 0.2) is 75.7 Å². The first kappa shape index (κ1) is 16.7. The highest BCUT2D eigenvalue weighted by molar-refractivity contribution is 6.03. The summed E-state index contributed by atoms with van der Waals surface area (Å²) in [5, 5.41) is 6.84. The molecule has 1 saturated heterocycles. The molecule has 0 radical (unpaired) electrons. The Labute approximate surface area is 161 Å². The molecule has 7 heteroatoms. The van der Waals surface area contributed by atoms with Crippen molar-refractivity contribution >= 4 is 11.7 Å². The molecule has 0 amide bonds. The molecule has 0 saturated carbocycles. The fourth-order valence-corrected chi connectivity index (χ4v) is 3.67. The van der Waals surface area contributed by atoms with Gasteiger partial charge in [-0.15, -0.1) is 0 Å². The Balaban J connectivity index is 1.51. The van der Waals surface area contributed by atoms with E-state index in [9.17, 15) is 4.79 Å². The van der Waals surface area contributed by atoms with Crippen molar-refractivity contribution in [3.8, 4) is 0 Å². The average molecular weight is 378 g/mol. The van der Waals surface area contributed by atoms with Crippen LogP contribution in [0, 0.1) is 5.92 Å². The fourth-order valence-electron chi connectivity index (χ4n) is 3.67. The Morgan fingerprint density at radius 3 is 2.71 bits per heavy atom. The average Bonchev–Trinajstić information content (AvgIpc) is 3.45. The van der Waals surface area contributed by atoms with Gasteiger partial charge in [-0.05, 0) is 29.8 Å². The van der Waals surface area contributed by atoms with Gasteiger partial charge in [-0.3, -0.25) is 5.01 Å². The molecule has 0 N–H and O–H groups in total. The molecule has 3 heterocycles. The van der Waals surface area contributed by atoms with Gasteiger partial charge in [0.1, 0.15) is 5.71 Å². The van der Waals surface area contributed by atoms with E-state index in [1.54, 1.807) is 12.1 Å². The highest BCUT2D eigenvalue weighted by Gasteiger charge is 2.42. The van der Waals surface area contributed by atoms with Gasteiger partial charge < -0.3 is 18.6 Å². The number of carbonyl (C=O) groups is 1. The van der Waals surface area contributed by atoms with E-state index < -0.39 is 5.97 Å². The van der Waals surface area contributed by atoms with E-state index in [-0.39, 0.29) is 24.5 Å². The Hall–Kier alpha value is -3.48. The Morgan fingerprint density at radius 2 is 1.93 bits per heavy atom. The molecule has 1 fully saturated rings. The third-order valence-corrected chi connectivity index (χ3v) is 5.02. The van der Waals surface area contributed by atoms with Crippen molar-refractivity contribution in [3.63, 3.8) is 0 Å². The summed E-state index contributed by atoms with van der Waals surface area (Å²) >= 11 is 0. The number of methoxy groups -OCH3 is 1. The topological polar surface area (TPSA) is 73.5 Å². The first-order valence-corrected chi connectivity index (χ1v) is 9.00. The number of ether oxygens (including phenoxy) is 3. The predicted octanol–water partition coefficient (Wildman–Crippen LogP) is 3.06. The zero-order chi connectivity index (χ0) is 19.1. The molecule has 1 aromatic heterocycles. The third kappa shape index (κ3) is 2.76. The number of hydrogen-bond donors (Lipinski definition) is 0. The van der Waals surface area contributed by atoms with E-state index in [0.717, 1.165) is 22.8 Å². The number of nitrogens with zero attached hydrogens (tertiary/aromatic N) is 2. The third-order valence-electron chi connectivity index (χ3n) is 5.02. The van der Waals surface area contributed by atoms with E-state index in [4.69, 9.17) is 23.7 Å². The molecule has 1 aliphatic carbocycles. The van der Waals surface area contributed by atoms with Crippen molar-refractivity contribution in [1.29, 1.82) is 0 Å². The summed E-state index contributed by atoms with van der Waals surface area (Å²) in [6, 6.07) is 13.5. The first-order chi connectivity index (χ1) is 13.7. The summed E-state index contributed by atoms with van der Waals surface area (Å²) < 4.78 is 21.6. The number of rotatable bonds is 4. The Bertz CT molecular complexity index is 1000. The molecule has 0 bridgehead atoms. The summed E-state index contributed by atoms with van der Waals surface area (Å²) in [7, 11) is 1.32. The van der Waals surface area contributed by atoms with Crippen LogP contribution in [0.5, 0.6) is 0 Å². The molecule has 2 aromatic rings. The molecule has 28 heavy (non-hydrogen) atoms. The van der Waals surface area contributed by atoms with E-state index in [0.29, 0.717) is 12.3 Å². The van der Waals surface area contributed by atoms with Crippen LogP contribution in [-0.4, -0.2) is 36.6 Å². The van der Waals surface area contributed by atoms with Crippen LogP contribution in [0.3, 0.4) is 0 Å². The summed E-state index contributed by atoms with van der Waals surface area (Å²) in [6.07, 6.45) is 4.05. The molecule has 2 aliphatic heterocycles. The van der Waals surface area contributed by atoms with Gasteiger partial charge in [0.15, 0.2) is 17.3 Å². The lowest BCUT2D eigenvalue weighted by atomic mass is 9.89. The monoisotopic (exact) mass is 378 g/mol. The second-order valence-electron chi connectivity index (χ2n) is 6.71. The molecular weight excluding hydrogens is 360 g/mol. The molecule has 142 valence electrons. The van der Waals surface area contributed by atoms with E-state index >= 15 is 0 Å². The minimum absolute atomic E-state index is 0.0256. The number of esters is 1. The van der Waals surface area contributed by atoms with Gasteiger partial charge in [-0.25, -0.2) is 4.79 Å². The number of carbonyl (C=O) groups excluding carboxylic acids is 1. The van der Waals surface area contributed by atoms with Crippen LogP contribution in [0.25, 0.3) is 0 Å². The lowest BCUT2D eigenvalue weighted by molar-refractivity contribution is 0.0564. The summed E-state index contributed by atoms with van der Waals surface area (Å²) in [6.45, 7) is 0.861. The van der Waals surface area contributed by atoms with Gasteiger partial charge in [0.05, 0.1) is 25.6 Å². The molecule has 3 aliphatic rings. The second-order valence-corrected chi connectivity index (χ2v) is 6.71. The predicted molar refractivity (Wildman–Crippen MR) is 99.1 cm³/mol. The van der Waals surface area contributed by atoms with Crippen molar-refractivity contribution < 1.29 is 23.4 Å². The van der Waals surface area contributed by atoms with E-state index in [1.807, 2.05) is 35.4 Å². The SMILES string of the molecule is COC(=O)c1ccc(C2=NN(Cc3ccccc3)C3C=C4OCOC4=CC23)o1. The molecule has 2 unspecified atom stereocenters. The largest absolute Gasteiger partial charge is 0.463 e. The van der Waals surface area contributed by atoms with Gasteiger partial charge in [0.2, 0.25) is 12.6 Å². The van der Waals surface area contributed by atoms with Crippen LogP contribution < -0.4 is 0 Å². The number of hydrazone groups is 1. The Morgan fingerprint density at radius 1 is 1.14 bits per heavy atom. The lowest BCUT2D eigenvalue weighted by Gasteiger charge is -2.26. The van der Waals surface area contributed by atoms with E-state index in [1.165, 1.54) is 7.11 Å². The fraction of sp³-hybridized carbons (Fsp3) is 0.238. The summed E-state index contributed by atoms with van der Waals surface area (Å²) in [5.74, 6) is 1.57. The molecular formula is C21H18N2O5. The lowest BCUT2D eigenvalue weighted by Crippen LogP contribution is -2.33. The zero-order valence-electron chi connectivity index (χ0n) is 15.2. The highest BCUT2D eigenvalue weighted by atomic mass is 16.7. The van der Waals surface area contributed by atoms with Crippen LogP contribution in [0.4, 0.5) is 0 Å². The number of hydrogen-bond acceptors (Lipinski definition) is 7. The maximum absolute atomic E-state index is 11.8. The van der Waals surface area contributed by atoms with Gasteiger partial charge in [-0.2, -0.15) is 5.10 Å². The van der Waals surface area contributed by atoms with E-state index in [2.05, 4.69) is 12.1 Å². The van der Waals surface area contributed by atoms with Crippen molar-refractivity contribution in [1.82, 2.24) is 5.01 Å². The molecule has 2 atom stereocenters. The van der Waals surface area contributed by atoms with Crippen molar-refractivity contribution in [2.45, 2.75) is 12.6 Å². The highest BCUT2D eigenvalue weighted by Crippen LogP contribution is 2.38. The minimum Gasteiger partial charge on any atom is -0.463 e. The Kier molecular flexibility index (Phi) is 3.93. The standard InChI is InChI=1S/C21H18N2O5/c1-25-21(24)17-8-7-16(28-17)20-14-9-18-19(27-12-26-18)10-15(14)23(22-20)11-13-5-3-2-4-6-13/h2-10,14-15H,11-12H2,1H3. The first-order valence-electron chi connectivity index (χ1n) is 9.00. The number of fused-ring (bicyclic) bond motifs is 2. The number of benzene rings is 1. The second kappa shape index (κ2) is 6.60. The van der Waals surface area contributed by atoms with Crippen molar-refractivity contribution in [3.05, 3.63) is 83.2 Å². The maximum Gasteiger partial charge on any atom is 0.373 e. The van der Waals surface area contributed by atoms with Gasteiger partial charge >= 0.3 is 5.97 Å². The molecule has 7 nitrogen and oxygen atoms in total. The normalized spacial score (nSPS) is 22.3. The van der Waals surface area contributed by atoms with Crippen molar-refractivity contribution in [2.24, 2.45) is 11.0 Å². The quantitative estimate of drug-likeness (QED) is 0.762. The van der Waals surface area contributed by atoms with Crippen LogP contribution in [-0.2, 0) is 20.8 Å².